The number of nitrogens with one attached hydrogen (secondary N) is 1. The summed E-state index contributed by atoms with van der Waals surface area (Å²) in [4.78, 5) is 22.8. The molecule has 8 nitrogen and oxygen atoms in total. The maximum absolute atomic E-state index is 12.2. The molecule has 0 bridgehead atoms. The first-order valence-corrected chi connectivity index (χ1v) is 11.0. The number of ether oxygens (including phenoxy) is 1. The number of amides is 1. The molecule has 33 heavy (non-hydrogen) atoms. The van der Waals surface area contributed by atoms with Crippen LogP contribution < -0.4 is 20.9 Å². The predicted octanol–water partition coefficient (Wildman–Crippen LogP) is 3.44. The molecule has 8 heteroatoms. The van der Waals surface area contributed by atoms with Crippen LogP contribution in [0.25, 0.3) is 0 Å². The Kier molecular flexibility index (Phi) is 5.66. The lowest BCUT2D eigenvalue weighted by Gasteiger charge is -2.38. The number of hydrazine groups is 1. The average molecular weight is 443 g/mol. The van der Waals surface area contributed by atoms with Gasteiger partial charge in [0.25, 0.3) is 0 Å². The smallest absolute Gasteiger partial charge is 0.246 e. The zero-order valence-electron chi connectivity index (χ0n) is 18.2. The monoisotopic (exact) mass is 442 g/mol. The van der Waals surface area contributed by atoms with Crippen LogP contribution in [-0.4, -0.2) is 39.9 Å². The summed E-state index contributed by atoms with van der Waals surface area (Å²) in [6.07, 6.45) is 4.70. The van der Waals surface area contributed by atoms with Crippen molar-refractivity contribution in [1.82, 2.24) is 20.3 Å². The second kappa shape index (κ2) is 8.91. The van der Waals surface area contributed by atoms with Crippen molar-refractivity contribution in [2.24, 2.45) is 0 Å². The standard InChI is InChI=1S/C25H26N6O2/c1-2-21(32)30-14-6-7-18(15-30)31-25-22(24(26)27-16-28-25)23(29-31)17-10-12-20(13-11-17)33-19-8-4-3-5-9-19/h2-5,8-13,16,18,23,29H,1,6-7,14-15H2,(H2,26,27,28). The molecule has 5 rings (SSSR count). The minimum absolute atomic E-state index is 0.0492. The number of nitrogens with zero attached hydrogens (tertiary/aromatic N) is 4. The highest BCUT2D eigenvalue weighted by Crippen LogP contribution is 2.40. The summed E-state index contributed by atoms with van der Waals surface area (Å²) in [5.41, 5.74) is 11.7. The molecule has 3 N–H and O–H groups in total. The Morgan fingerprint density at radius 2 is 1.88 bits per heavy atom. The van der Waals surface area contributed by atoms with Gasteiger partial charge in [-0.15, -0.1) is 0 Å². The molecule has 0 spiro atoms. The summed E-state index contributed by atoms with van der Waals surface area (Å²) in [5, 5.41) is 2.05. The Bertz CT molecular complexity index is 1150. The summed E-state index contributed by atoms with van der Waals surface area (Å²) in [7, 11) is 0. The third-order valence-electron chi connectivity index (χ3n) is 6.12. The van der Waals surface area contributed by atoms with Gasteiger partial charge in [0.2, 0.25) is 5.91 Å². The van der Waals surface area contributed by atoms with E-state index >= 15 is 0 Å². The second-order valence-corrected chi connectivity index (χ2v) is 8.20. The van der Waals surface area contributed by atoms with E-state index in [0.29, 0.717) is 12.4 Å². The summed E-state index contributed by atoms with van der Waals surface area (Å²) < 4.78 is 5.92. The number of fused-ring (bicyclic) bond motifs is 1. The second-order valence-electron chi connectivity index (χ2n) is 8.20. The SMILES string of the molecule is C=CC(=O)N1CCCC(N2NC(c3ccc(Oc4ccccc4)cc3)c3c(N)ncnc32)C1. The van der Waals surface area contributed by atoms with Crippen molar-refractivity contribution < 1.29 is 9.53 Å². The van der Waals surface area contributed by atoms with Crippen LogP contribution in [0.3, 0.4) is 0 Å². The van der Waals surface area contributed by atoms with Crippen LogP contribution in [-0.2, 0) is 4.79 Å². The van der Waals surface area contributed by atoms with Crippen LogP contribution in [0.5, 0.6) is 11.5 Å². The quantitative estimate of drug-likeness (QED) is 0.584. The lowest BCUT2D eigenvalue weighted by Crippen LogP contribution is -2.53. The molecule has 3 aromatic rings. The van der Waals surface area contributed by atoms with Crippen LogP contribution in [0.1, 0.15) is 30.0 Å². The number of aromatic nitrogens is 2. The number of rotatable bonds is 5. The largest absolute Gasteiger partial charge is 0.457 e. The van der Waals surface area contributed by atoms with E-state index in [4.69, 9.17) is 10.5 Å². The summed E-state index contributed by atoms with van der Waals surface area (Å²) in [5.74, 6) is 2.69. The molecule has 1 amide bonds. The maximum Gasteiger partial charge on any atom is 0.246 e. The molecule has 2 aliphatic rings. The number of para-hydroxylation sites is 1. The zero-order chi connectivity index (χ0) is 22.8. The molecule has 0 saturated carbocycles. The molecule has 2 aromatic carbocycles. The van der Waals surface area contributed by atoms with E-state index in [1.807, 2.05) is 59.5 Å². The Labute approximate surface area is 192 Å². The van der Waals surface area contributed by atoms with Gasteiger partial charge in [0.15, 0.2) is 5.82 Å². The van der Waals surface area contributed by atoms with E-state index in [1.165, 1.54) is 12.4 Å². The highest BCUT2D eigenvalue weighted by molar-refractivity contribution is 5.87. The molecule has 0 aliphatic carbocycles. The van der Waals surface area contributed by atoms with Gasteiger partial charge in [-0.2, -0.15) is 0 Å². The van der Waals surface area contributed by atoms with Crippen molar-refractivity contribution in [2.75, 3.05) is 23.8 Å². The van der Waals surface area contributed by atoms with Crippen molar-refractivity contribution in [3.63, 3.8) is 0 Å². The minimum Gasteiger partial charge on any atom is -0.457 e. The molecule has 168 valence electrons. The third kappa shape index (κ3) is 4.12. The molecule has 0 radical (unpaired) electrons. The molecule has 1 fully saturated rings. The van der Waals surface area contributed by atoms with Gasteiger partial charge in [0, 0.05) is 13.1 Å². The van der Waals surface area contributed by atoms with Gasteiger partial charge in [-0.1, -0.05) is 36.9 Å². The summed E-state index contributed by atoms with van der Waals surface area (Å²) in [6.45, 7) is 4.95. The number of anilines is 2. The number of benzene rings is 2. The number of hydrogen-bond acceptors (Lipinski definition) is 7. The number of likely N-dealkylation sites (tertiary alicyclic amines) is 1. The topological polar surface area (TPSA) is 96.6 Å². The number of carbonyl (C=O) groups excluding carboxylic acids is 1. The predicted molar refractivity (Wildman–Crippen MR) is 127 cm³/mol. The lowest BCUT2D eigenvalue weighted by atomic mass is 10.0. The van der Waals surface area contributed by atoms with Crippen molar-refractivity contribution in [1.29, 1.82) is 0 Å². The first-order valence-electron chi connectivity index (χ1n) is 11.0. The molecule has 3 heterocycles. The highest BCUT2D eigenvalue weighted by atomic mass is 16.5. The van der Waals surface area contributed by atoms with Crippen LogP contribution >= 0.6 is 0 Å². The Morgan fingerprint density at radius 1 is 1.12 bits per heavy atom. The number of carbonyl (C=O) groups is 1. The van der Waals surface area contributed by atoms with Gasteiger partial charge in [-0.25, -0.2) is 15.4 Å². The molecular formula is C25H26N6O2. The van der Waals surface area contributed by atoms with Gasteiger partial charge in [-0.05, 0) is 48.7 Å². The van der Waals surface area contributed by atoms with Crippen LogP contribution in [0, 0.1) is 0 Å². The van der Waals surface area contributed by atoms with Crippen molar-refractivity contribution in [2.45, 2.75) is 24.9 Å². The summed E-state index contributed by atoms with van der Waals surface area (Å²) >= 11 is 0. The fraction of sp³-hybridized carbons (Fsp3) is 0.240. The minimum atomic E-state index is -0.197. The van der Waals surface area contributed by atoms with Gasteiger partial charge in [-0.3, -0.25) is 9.80 Å². The highest BCUT2D eigenvalue weighted by Gasteiger charge is 2.38. The molecule has 1 aromatic heterocycles. The average Bonchev–Trinajstić information content (AvgIpc) is 3.26. The van der Waals surface area contributed by atoms with Gasteiger partial charge in [0.05, 0.1) is 17.6 Å². The van der Waals surface area contributed by atoms with Crippen molar-refractivity contribution in [3.05, 3.63) is 84.7 Å². The van der Waals surface area contributed by atoms with Crippen molar-refractivity contribution in [3.8, 4) is 11.5 Å². The first kappa shape index (κ1) is 21.0. The van der Waals surface area contributed by atoms with E-state index in [1.54, 1.807) is 0 Å². The third-order valence-corrected chi connectivity index (χ3v) is 6.12. The number of hydrogen-bond donors (Lipinski definition) is 2. The number of piperidine rings is 1. The molecule has 1 saturated heterocycles. The van der Waals surface area contributed by atoms with E-state index < -0.39 is 0 Å². The fourth-order valence-corrected chi connectivity index (χ4v) is 4.50. The van der Waals surface area contributed by atoms with Gasteiger partial charge in [0.1, 0.15) is 23.6 Å². The van der Waals surface area contributed by atoms with E-state index in [9.17, 15) is 4.79 Å². The number of nitrogens with two attached hydrogens (primary N) is 1. The van der Waals surface area contributed by atoms with Crippen LogP contribution in [0.2, 0.25) is 0 Å². The molecular weight excluding hydrogens is 416 g/mol. The van der Waals surface area contributed by atoms with Gasteiger partial charge < -0.3 is 15.4 Å². The zero-order valence-corrected chi connectivity index (χ0v) is 18.2. The molecule has 2 atom stereocenters. The van der Waals surface area contributed by atoms with E-state index in [-0.39, 0.29) is 18.0 Å². The lowest BCUT2D eigenvalue weighted by molar-refractivity contribution is -0.127. The fourth-order valence-electron chi connectivity index (χ4n) is 4.50. The molecule has 2 unspecified atom stereocenters. The normalized spacial score (nSPS) is 19.8. The Balaban J connectivity index is 1.40. The first-order chi connectivity index (χ1) is 16.1. The summed E-state index contributed by atoms with van der Waals surface area (Å²) in [6, 6.07) is 17.5. The van der Waals surface area contributed by atoms with Crippen molar-refractivity contribution >= 4 is 17.5 Å². The van der Waals surface area contributed by atoms with E-state index in [0.717, 1.165) is 47.8 Å². The number of nitrogen functional groups attached to an aromatic ring is 1. The Hall–Kier alpha value is -3.91. The molecule has 2 aliphatic heterocycles. The van der Waals surface area contributed by atoms with Crippen LogP contribution in [0.4, 0.5) is 11.6 Å². The van der Waals surface area contributed by atoms with Gasteiger partial charge >= 0.3 is 0 Å². The maximum atomic E-state index is 12.2. The van der Waals surface area contributed by atoms with Crippen LogP contribution in [0.15, 0.2) is 73.6 Å². The van der Waals surface area contributed by atoms with E-state index in [2.05, 4.69) is 27.0 Å². The Morgan fingerprint density at radius 3 is 2.64 bits per heavy atom.